The second-order valence-corrected chi connectivity index (χ2v) is 31.4. The Kier molecular flexibility index (Phi) is 79.6. The van der Waals surface area contributed by atoms with Crippen molar-refractivity contribution in [3.63, 3.8) is 0 Å². The van der Waals surface area contributed by atoms with E-state index in [9.17, 15) is 86.6 Å². The Bertz CT molecular complexity index is 3380. The molecule has 4 aliphatic rings. The van der Waals surface area contributed by atoms with Gasteiger partial charge in [-0.15, -0.1) is 0 Å². The van der Waals surface area contributed by atoms with Crippen LogP contribution in [0.25, 0.3) is 0 Å². The third kappa shape index (κ3) is 76.1. The molecule has 0 spiro atoms. The van der Waals surface area contributed by atoms with Gasteiger partial charge in [-0.1, -0.05) is 117 Å². The Morgan fingerprint density at radius 1 is 0.414 bits per heavy atom. The minimum Gasteiger partial charge on any atom is -0.469 e. The number of rotatable bonds is 54. The van der Waals surface area contributed by atoms with Crippen molar-refractivity contribution >= 4 is 100 Å². The Balaban J connectivity index is -0.00000140. The molecular weight excluding hydrogens is 1660 g/mol. The van der Waals surface area contributed by atoms with Crippen molar-refractivity contribution in [1.82, 2.24) is 0 Å². The average Bonchev–Trinajstić information content (AvgIpc) is 1.64. The van der Waals surface area contributed by atoms with Crippen molar-refractivity contribution in [1.29, 1.82) is 0 Å². The zero-order valence-electron chi connectivity index (χ0n) is 79.9. The van der Waals surface area contributed by atoms with Gasteiger partial charge in [0.25, 0.3) is 0 Å². The number of aliphatic hydroxyl groups is 1. The number of hydrogen-bond acceptors (Lipinski definition) is 31. The summed E-state index contributed by atoms with van der Waals surface area (Å²) in [5.41, 5.74) is 0. The summed E-state index contributed by atoms with van der Waals surface area (Å²) in [5, 5.41) is 9.77. The van der Waals surface area contributed by atoms with E-state index in [0.717, 1.165) is 77.0 Å². The summed E-state index contributed by atoms with van der Waals surface area (Å²) in [6.45, 7) is 25.1. The smallest absolute Gasteiger partial charge is 0.310 e. The molecule has 732 valence electrons. The molecule has 4 fully saturated rings. The predicted molar refractivity (Wildman–Crippen MR) is 479 cm³/mol. The van der Waals surface area contributed by atoms with Crippen LogP contribution in [0.5, 0.6) is 0 Å². The summed E-state index contributed by atoms with van der Waals surface area (Å²) in [4.78, 5) is 184. The van der Waals surface area contributed by atoms with Gasteiger partial charge in [0.1, 0.15) is 47.5 Å². The molecule has 0 aromatic carbocycles. The summed E-state index contributed by atoms with van der Waals surface area (Å²) < 4.78 is 64.1. The number of cyclic esters (lactones) is 1. The number of ketones is 7. The van der Waals surface area contributed by atoms with E-state index < -0.39 is 18.0 Å². The number of furan rings is 2. The van der Waals surface area contributed by atoms with E-state index in [0.29, 0.717) is 121 Å². The lowest BCUT2D eigenvalue weighted by molar-refractivity contribution is -0.157. The second kappa shape index (κ2) is 82.6. The average molecular weight is 1820 g/mol. The van der Waals surface area contributed by atoms with Gasteiger partial charge in [0.15, 0.2) is 40.9 Å². The van der Waals surface area contributed by atoms with Gasteiger partial charge in [-0.2, -0.15) is 0 Å². The lowest BCUT2D eigenvalue weighted by Gasteiger charge is -2.14. The predicted octanol–water partition coefficient (Wildman–Crippen LogP) is 18.0. The molecule has 6 rings (SSSR count). The molecular formula is C97H158O31. The van der Waals surface area contributed by atoms with Gasteiger partial charge in [0, 0.05) is 85.0 Å². The number of aliphatic hydroxyl groups excluding tert-OH is 1. The maximum Gasteiger partial charge on any atom is 0.310 e. The molecule has 0 aliphatic carbocycles. The Morgan fingerprint density at radius 3 is 1.15 bits per heavy atom. The lowest BCUT2D eigenvalue weighted by Crippen LogP contribution is -2.19. The van der Waals surface area contributed by atoms with Crippen molar-refractivity contribution in [2.75, 3.05) is 40.1 Å². The number of methoxy groups -OCH3 is 1. The molecule has 0 radical (unpaired) electrons. The van der Waals surface area contributed by atoms with Crippen LogP contribution in [0.3, 0.4) is 0 Å². The van der Waals surface area contributed by atoms with Crippen LogP contribution >= 0.6 is 0 Å². The maximum absolute atomic E-state index is 11.6. The fraction of sp³-hybridized carbons (Fsp3) is 0.742. The Morgan fingerprint density at radius 2 is 0.805 bits per heavy atom. The second-order valence-electron chi connectivity index (χ2n) is 31.4. The highest BCUT2D eigenvalue weighted by molar-refractivity contribution is 5.91. The van der Waals surface area contributed by atoms with Gasteiger partial charge in [-0.3, -0.25) is 76.7 Å². The van der Waals surface area contributed by atoms with E-state index in [4.69, 9.17) is 42.3 Å². The van der Waals surface area contributed by atoms with Crippen LogP contribution in [0.15, 0.2) is 39.4 Å². The summed E-state index contributed by atoms with van der Waals surface area (Å²) in [6.07, 6.45) is 38.6. The first kappa shape index (κ1) is 123. The van der Waals surface area contributed by atoms with Gasteiger partial charge < -0.3 is 70.8 Å². The Labute approximate surface area is 760 Å². The van der Waals surface area contributed by atoms with Gasteiger partial charge in [0.05, 0.1) is 90.1 Å². The highest BCUT2D eigenvalue weighted by Crippen LogP contribution is 2.29. The van der Waals surface area contributed by atoms with E-state index >= 15 is 0 Å². The van der Waals surface area contributed by atoms with Crippen molar-refractivity contribution in [2.45, 2.75) is 428 Å². The largest absolute Gasteiger partial charge is 0.469 e. The van der Waals surface area contributed by atoms with Crippen LogP contribution < -0.4 is 0 Å². The lowest BCUT2D eigenvalue weighted by atomic mass is 10.0. The number of carbonyl (C=O) groups excluding carboxylic acids is 17. The number of aldehydes is 1. The number of Topliss-reactive ketones (excluding diaryl/α,β-unsaturated/α-hetero) is 7. The van der Waals surface area contributed by atoms with Crippen molar-refractivity contribution in [3.05, 3.63) is 47.8 Å². The first-order valence-electron chi connectivity index (χ1n) is 46.6. The third-order valence-electron chi connectivity index (χ3n) is 19.9. The molecule has 2 aromatic heterocycles. The summed E-state index contributed by atoms with van der Waals surface area (Å²) in [5.74, 6) is -1.13. The van der Waals surface area contributed by atoms with Gasteiger partial charge in [0.2, 0.25) is 0 Å². The molecule has 4 aliphatic heterocycles. The number of unbranched alkanes of at least 4 members (excludes halogenated alkanes) is 16. The monoisotopic (exact) mass is 1820 g/mol. The van der Waals surface area contributed by atoms with Crippen LogP contribution in [0.4, 0.5) is 0 Å². The van der Waals surface area contributed by atoms with Gasteiger partial charge in [-0.25, -0.2) is 0 Å². The summed E-state index contributed by atoms with van der Waals surface area (Å²) >= 11 is 0. The van der Waals surface area contributed by atoms with Crippen molar-refractivity contribution in [3.8, 4) is 0 Å². The minimum absolute atomic E-state index is 0.000410. The molecule has 31 nitrogen and oxygen atoms in total. The maximum atomic E-state index is 11.6. The molecule has 8 atom stereocenters. The first-order valence-corrected chi connectivity index (χ1v) is 46.6. The van der Waals surface area contributed by atoms with E-state index in [1.165, 1.54) is 151 Å². The SMILES string of the molecule is CC(=O)C1CCC(CCC2CCC(=O)O2)O1.CC(=O)OC(C)=O.CCCCCCCCCCCC(=O)OC.CCCCCCCCCCCC(=O)OCC.CCOC(=O)CCC(=O)CCC1CCC(C(C)=O)O1.CCOC(=O)CCC(=O)CCc1ccc(C(C)=O)o1.CCOC(=O)CCC(C)=O.CCOC(=O)CCC(O)CCC1CCC(C(C)=O)O1.O=Cc1ccco1. The third-order valence-corrected chi connectivity index (χ3v) is 19.9. The van der Waals surface area contributed by atoms with E-state index in [-0.39, 0.29) is 164 Å². The normalized spacial score (nSPS) is 16.8. The van der Waals surface area contributed by atoms with E-state index in [1.807, 2.05) is 6.92 Å². The first-order chi connectivity index (χ1) is 61.1. The number of aryl methyl sites for hydroxylation is 1. The highest BCUT2D eigenvalue weighted by atomic mass is 16.6. The van der Waals surface area contributed by atoms with Crippen LogP contribution in [0.2, 0.25) is 0 Å². The van der Waals surface area contributed by atoms with Gasteiger partial charge >= 0.3 is 53.7 Å². The van der Waals surface area contributed by atoms with Crippen LogP contribution in [-0.4, -0.2) is 195 Å². The van der Waals surface area contributed by atoms with Crippen LogP contribution in [0.1, 0.15) is 400 Å². The number of esters is 9. The van der Waals surface area contributed by atoms with Crippen LogP contribution in [0, 0.1) is 0 Å². The van der Waals surface area contributed by atoms with Gasteiger partial charge in [-0.05, 0) is 183 Å². The zero-order valence-corrected chi connectivity index (χ0v) is 79.9. The van der Waals surface area contributed by atoms with Crippen molar-refractivity contribution in [2.24, 2.45) is 0 Å². The summed E-state index contributed by atoms with van der Waals surface area (Å²) in [7, 11) is 1.45. The number of hydrogen-bond donors (Lipinski definition) is 1. The summed E-state index contributed by atoms with van der Waals surface area (Å²) in [6, 6.07) is 6.56. The molecule has 8 unspecified atom stereocenters. The molecule has 0 amide bonds. The molecule has 0 saturated carbocycles. The van der Waals surface area contributed by atoms with E-state index in [2.05, 4.69) is 32.5 Å². The quantitative estimate of drug-likeness (QED) is 0.0160. The van der Waals surface area contributed by atoms with Crippen LogP contribution in [-0.2, 0) is 130 Å². The topological polar surface area (TPSA) is 438 Å². The molecule has 1 N–H and O–H groups in total. The highest BCUT2D eigenvalue weighted by Gasteiger charge is 2.32. The molecule has 128 heavy (non-hydrogen) atoms. The van der Waals surface area contributed by atoms with Crippen molar-refractivity contribution < 1.29 is 148 Å². The molecule has 31 heteroatoms. The zero-order chi connectivity index (χ0) is 96.7. The Hall–Kier alpha value is -8.81. The molecule has 4 saturated heterocycles. The van der Waals surface area contributed by atoms with E-state index in [1.54, 1.807) is 65.8 Å². The minimum atomic E-state index is -0.562. The fourth-order valence-corrected chi connectivity index (χ4v) is 12.9. The number of carbonyl (C=O) groups is 17. The molecule has 0 bridgehead atoms. The molecule has 2 aromatic rings. The number of ether oxygens (including phenoxy) is 11. The standard InChI is InChI=1S/C14H24O5.C14H22O5.C14H18O5.C14H28O2.C13H26O2.C12H18O4.C7H12O3.C5H4O2.C4H6O3/c3*1-3-18-14(17)9-5-11(16)4-6-12-7-8-13(19-12)10(2)15;1-3-5-6-7-8-9-10-11-12-13-14(15)16-4-2;1-3-4-5-6-7-8-9-10-11-12-13(14)15-2;1-8(13)11-6-4-9(15-11)2-3-10-5-7-12(14)16-10;1-3-10-7(9)5-4-6(2)8;6-4-5-2-1-3-7-5;1-3(5)7-4(2)6/h11-13,16H,3-9H2,1-2H3;12-13H,3-9H2,1-2H3;7-8H,3-6,9H2,1-2H3;3-13H2,1-2H3;3-12H2,1-2H3;9-11H,2-7H2,1H3;3-5H2,1-2H3;1-4H;1-2H3. The molecule has 6 heterocycles. The fourth-order valence-electron chi connectivity index (χ4n) is 12.9.